The van der Waals surface area contributed by atoms with Gasteiger partial charge in [-0.25, -0.2) is 4.79 Å². The maximum absolute atomic E-state index is 10.7. The van der Waals surface area contributed by atoms with Crippen LogP contribution in [0.3, 0.4) is 0 Å². The number of carboxylic acid groups (broad SMARTS) is 1. The van der Waals surface area contributed by atoms with E-state index in [9.17, 15) is 9.90 Å². The molecule has 0 amide bonds. The van der Waals surface area contributed by atoms with Crippen LogP contribution in [0.25, 0.3) is 0 Å². The molecule has 0 unspecified atom stereocenters. The van der Waals surface area contributed by atoms with Gasteiger partial charge in [-0.15, -0.1) is 0 Å². The zero-order valence-electron chi connectivity index (χ0n) is 6.98. The summed E-state index contributed by atoms with van der Waals surface area (Å²) >= 11 is 3.94. The van der Waals surface area contributed by atoms with Crippen LogP contribution < -0.4 is 0 Å². The minimum Gasteiger partial charge on any atom is -0.506 e. The van der Waals surface area contributed by atoms with Gasteiger partial charge in [0.1, 0.15) is 5.75 Å². The van der Waals surface area contributed by atoms with E-state index in [1.54, 1.807) is 6.92 Å². The molecule has 13 heavy (non-hydrogen) atoms. The molecule has 1 heterocycles. The number of aromatic carboxylic acids is 1. The van der Waals surface area contributed by atoms with Crippen molar-refractivity contribution in [3.63, 3.8) is 0 Å². The van der Waals surface area contributed by atoms with Crippen molar-refractivity contribution >= 4 is 18.6 Å². The topological polar surface area (TPSA) is 70.4 Å². The molecule has 0 aliphatic carbocycles. The van der Waals surface area contributed by atoms with Gasteiger partial charge in [0.15, 0.2) is 0 Å². The second kappa shape index (κ2) is 3.66. The normalized spacial score (nSPS) is 10.0. The molecule has 0 spiro atoms. The number of pyridine rings is 1. The van der Waals surface area contributed by atoms with Crippen LogP contribution in [0.2, 0.25) is 0 Å². The number of rotatable bonds is 2. The highest BCUT2D eigenvalue weighted by Crippen LogP contribution is 2.24. The molecule has 0 aromatic carbocycles. The van der Waals surface area contributed by atoms with E-state index in [1.807, 2.05) is 0 Å². The average molecular weight is 199 g/mol. The fourth-order valence-electron chi connectivity index (χ4n) is 0.991. The molecule has 1 aromatic rings. The number of thiol groups is 1. The molecular weight excluding hydrogens is 190 g/mol. The van der Waals surface area contributed by atoms with E-state index in [2.05, 4.69) is 17.6 Å². The molecule has 1 rings (SSSR count). The summed E-state index contributed by atoms with van der Waals surface area (Å²) in [6.07, 6.45) is 1.23. The predicted octanol–water partition coefficient (Wildman–Crippen LogP) is 1.22. The number of aromatic hydroxyl groups is 1. The lowest BCUT2D eigenvalue weighted by molar-refractivity contribution is 0.0695. The monoisotopic (exact) mass is 199 g/mol. The Hall–Kier alpha value is -1.23. The largest absolute Gasteiger partial charge is 0.506 e. The molecular formula is C8H9NO3S. The van der Waals surface area contributed by atoms with Crippen molar-refractivity contribution in [3.8, 4) is 5.75 Å². The van der Waals surface area contributed by atoms with Crippen molar-refractivity contribution in [1.29, 1.82) is 0 Å². The number of aryl methyl sites for hydroxylation is 1. The average Bonchev–Trinajstić information content (AvgIpc) is 2.09. The molecule has 0 bridgehead atoms. The van der Waals surface area contributed by atoms with Gasteiger partial charge in [0.25, 0.3) is 0 Å². The summed E-state index contributed by atoms with van der Waals surface area (Å²) in [7, 11) is 0. The molecule has 2 N–H and O–H groups in total. The fraction of sp³-hybridized carbons (Fsp3) is 0.250. The van der Waals surface area contributed by atoms with Crippen molar-refractivity contribution < 1.29 is 15.0 Å². The Morgan fingerprint density at radius 2 is 2.31 bits per heavy atom. The molecule has 0 aliphatic rings. The molecule has 0 radical (unpaired) electrons. The molecule has 70 valence electrons. The van der Waals surface area contributed by atoms with Gasteiger partial charge in [-0.2, -0.15) is 12.6 Å². The maximum Gasteiger partial charge on any atom is 0.337 e. The summed E-state index contributed by atoms with van der Waals surface area (Å²) in [6, 6.07) is 0. The number of nitrogens with zero attached hydrogens (tertiary/aromatic N) is 1. The fourth-order valence-corrected chi connectivity index (χ4v) is 1.31. The Balaban J connectivity index is 3.38. The molecule has 0 aliphatic heterocycles. The number of hydrogen-bond donors (Lipinski definition) is 3. The zero-order chi connectivity index (χ0) is 10.0. The first-order valence-electron chi connectivity index (χ1n) is 3.59. The summed E-state index contributed by atoms with van der Waals surface area (Å²) in [4.78, 5) is 14.4. The SMILES string of the molecule is Cc1ncc(C(=O)O)c(CS)c1O. The Morgan fingerprint density at radius 1 is 1.69 bits per heavy atom. The first-order chi connectivity index (χ1) is 6.07. The van der Waals surface area contributed by atoms with Crippen molar-refractivity contribution in [2.45, 2.75) is 12.7 Å². The summed E-state index contributed by atoms with van der Waals surface area (Å²) in [5, 5.41) is 18.2. The van der Waals surface area contributed by atoms with Gasteiger partial charge in [-0.1, -0.05) is 0 Å². The lowest BCUT2D eigenvalue weighted by Gasteiger charge is -2.06. The van der Waals surface area contributed by atoms with E-state index in [0.717, 1.165) is 0 Å². The van der Waals surface area contributed by atoms with Crippen LogP contribution in [0.4, 0.5) is 0 Å². The van der Waals surface area contributed by atoms with Crippen LogP contribution in [-0.2, 0) is 5.75 Å². The molecule has 0 saturated heterocycles. The maximum atomic E-state index is 10.7. The summed E-state index contributed by atoms with van der Waals surface area (Å²) in [5.41, 5.74) is 0.718. The third-order valence-corrected chi connectivity index (χ3v) is 2.05. The third-order valence-electron chi connectivity index (χ3n) is 1.73. The summed E-state index contributed by atoms with van der Waals surface area (Å²) in [6.45, 7) is 1.61. The highest BCUT2D eigenvalue weighted by atomic mass is 32.1. The van der Waals surface area contributed by atoms with Crippen LogP contribution in [0.15, 0.2) is 6.20 Å². The van der Waals surface area contributed by atoms with Gasteiger partial charge in [-0.05, 0) is 6.92 Å². The van der Waals surface area contributed by atoms with Gasteiger partial charge in [-0.3, -0.25) is 4.98 Å². The van der Waals surface area contributed by atoms with Gasteiger partial charge >= 0.3 is 5.97 Å². The van der Waals surface area contributed by atoms with E-state index >= 15 is 0 Å². The number of carbonyl (C=O) groups is 1. The molecule has 5 heteroatoms. The van der Waals surface area contributed by atoms with Crippen molar-refractivity contribution in [2.75, 3.05) is 0 Å². The van der Waals surface area contributed by atoms with Crippen LogP contribution >= 0.6 is 12.6 Å². The van der Waals surface area contributed by atoms with Gasteiger partial charge in [0.2, 0.25) is 0 Å². The smallest absolute Gasteiger partial charge is 0.337 e. The Labute approximate surface area is 80.7 Å². The highest BCUT2D eigenvalue weighted by molar-refractivity contribution is 7.79. The standard InChI is InChI=1S/C8H9NO3S/c1-4-7(10)6(3-13)5(2-9-4)8(11)12/h2,10,13H,3H2,1H3,(H,11,12). The number of aromatic nitrogens is 1. The van der Waals surface area contributed by atoms with E-state index in [1.165, 1.54) is 6.20 Å². The Morgan fingerprint density at radius 3 is 2.77 bits per heavy atom. The Kier molecular flexibility index (Phi) is 2.77. The van der Waals surface area contributed by atoms with E-state index in [-0.39, 0.29) is 17.1 Å². The van der Waals surface area contributed by atoms with Crippen LogP contribution in [-0.4, -0.2) is 21.2 Å². The van der Waals surface area contributed by atoms with Crippen molar-refractivity contribution in [2.24, 2.45) is 0 Å². The number of hydrogen-bond acceptors (Lipinski definition) is 4. The van der Waals surface area contributed by atoms with Gasteiger partial charge in [0, 0.05) is 17.5 Å². The molecule has 0 atom stereocenters. The molecule has 0 saturated carbocycles. The van der Waals surface area contributed by atoms with Crippen LogP contribution in [0.5, 0.6) is 5.75 Å². The van der Waals surface area contributed by atoms with Crippen molar-refractivity contribution in [3.05, 3.63) is 23.0 Å². The van der Waals surface area contributed by atoms with Crippen LogP contribution in [0.1, 0.15) is 21.6 Å². The lowest BCUT2D eigenvalue weighted by atomic mass is 10.1. The molecule has 4 nitrogen and oxygen atoms in total. The summed E-state index contributed by atoms with van der Waals surface area (Å²) < 4.78 is 0. The third kappa shape index (κ3) is 1.75. The molecule has 1 aromatic heterocycles. The minimum absolute atomic E-state index is 0.00176. The lowest BCUT2D eigenvalue weighted by Crippen LogP contribution is -2.03. The van der Waals surface area contributed by atoms with Gasteiger partial charge < -0.3 is 10.2 Å². The van der Waals surface area contributed by atoms with Crippen LogP contribution in [0, 0.1) is 6.92 Å². The zero-order valence-corrected chi connectivity index (χ0v) is 7.88. The number of carboxylic acids is 1. The molecule has 0 fully saturated rings. The van der Waals surface area contributed by atoms with E-state index < -0.39 is 5.97 Å². The quantitative estimate of drug-likeness (QED) is 0.626. The van der Waals surface area contributed by atoms with E-state index in [0.29, 0.717) is 11.3 Å². The first-order valence-corrected chi connectivity index (χ1v) is 4.22. The Bertz CT molecular complexity index is 351. The first kappa shape index (κ1) is 9.85. The van der Waals surface area contributed by atoms with Gasteiger partial charge in [0.05, 0.1) is 11.3 Å². The minimum atomic E-state index is -1.10. The van der Waals surface area contributed by atoms with E-state index in [4.69, 9.17) is 5.11 Å². The second-order valence-corrected chi connectivity index (χ2v) is 2.86. The highest BCUT2D eigenvalue weighted by Gasteiger charge is 2.15. The second-order valence-electron chi connectivity index (χ2n) is 2.55. The summed E-state index contributed by atoms with van der Waals surface area (Å²) in [5.74, 6) is -1.02. The predicted molar refractivity (Wildman–Crippen MR) is 50.3 cm³/mol. The van der Waals surface area contributed by atoms with Crippen molar-refractivity contribution in [1.82, 2.24) is 4.98 Å².